The van der Waals surface area contributed by atoms with Gasteiger partial charge in [-0.15, -0.1) is 21.5 Å². The van der Waals surface area contributed by atoms with Crippen molar-refractivity contribution in [1.82, 2.24) is 20.5 Å². The molecule has 1 aliphatic rings. The first-order chi connectivity index (χ1) is 14.1. The molecule has 1 fully saturated rings. The lowest BCUT2D eigenvalue weighted by Crippen LogP contribution is -2.32. The summed E-state index contributed by atoms with van der Waals surface area (Å²) in [5.41, 5.74) is 2.49. The number of hydrogen-bond acceptors (Lipinski definition) is 8. The second-order valence-corrected chi connectivity index (χ2v) is 8.89. The van der Waals surface area contributed by atoms with Crippen LogP contribution in [0.3, 0.4) is 0 Å². The fourth-order valence-corrected chi connectivity index (χ4v) is 4.94. The smallest absolute Gasteiger partial charge is 0.230 e. The van der Waals surface area contributed by atoms with Crippen LogP contribution in [0, 0.1) is 6.92 Å². The number of aromatic nitrogens is 3. The summed E-state index contributed by atoms with van der Waals surface area (Å²) in [4.78, 5) is 16.8. The van der Waals surface area contributed by atoms with Crippen LogP contribution < -0.4 is 10.1 Å². The Balaban J connectivity index is 1.51. The van der Waals surface area contributed by atoms with Crippen molar-refractivity contribution in [3.63, 3.8) is 0 Å². The Morgan fingerprint density at radius 2 is 2.31 bits per heavy atom. The van der Waals surface area contributed by atoms with Crippen molar-refractivity contribution in [2.75, 3.05) is 26.0 Å². The maximum absolute atomic E-state index is 12.2. The van der Waals surface area contributed by atoms with Crippen molar-refractivity contribution in [3.05, 3.63) is 29.3 Å². The van der Waals surface area contributed by atoms with E-state index in [9.17, 15) is 4.79 Å². The van der Waals surface area contributed by atoms with E-state index in [1.165, 1.54) is 11.8 Å². The second kappa shape index (κ2) is 9.06. The van der Waals surface area contributed by atoms with Crippen LogP contribution in [0.4, 0.5) is 0 Å². The van der Waals surface area contributed by atoms with E-state index in [-0.39, 0.29) is 17.8 Å². The van der Waals surface area contributed by atoms with E-state index >= 15 is 0 Å². The lowest BCUT2D eigenvalue weighted by Gasteiger charge is -2.10. The Kier molecular flexibility index (Phi) is 6.27. The van der Waals surface area contributed by atoms with Gasteiger partial charge in [-0.05, 0) is 31.9 Å². The minimum absolute atomic E-state index is 0.0377. The second-order valence-electron chi connectivity index (χ2n) is 6.72. The molecular weight excluding hydrogens is 408 g/mol. The number of carbonyl (C=O) groups excluding carboxylic acids is 1. The molecule has 4 rings (SSSR count). The Labute approximate surface area is 177 Å². The van der Waals surface area contributed by atoms with E-state index in [0.717, 1.165) is 51.7 Å². The van der Waals surface area contributed by atoms with Crippen LogP contribution in [-0.4, -0.2) is 53.2 Å². The Morgan fingerprint density at radius 3 is 3.10 bits per heavy atom. The van der Waals surface area contributed by atoms with E-state index in [1.807, 2.05) is 31.2 Å². The quantitative estimate of drug-likeness (QED) is 0.575. The molecule has 3 aromatic rings. The molecule has 7 nitrogen and oxygen atoms in total. The molecule has 0 aliphatic carbocycles. The van der Waals surface area contributed by atoms with Crippen molar-refractivity contribution in [2.24, 2.45) is 0 Å². The van der Waals surface area contributed by atoms with Crippen LogP contribution in [-0.2, 0) is 9.53 Å². The van der Waals surface area contributed by atoms with Crippen LogP contribution in [0.15, 0.2) is 29.3 Å². The van der Waals surface area contributed by atoms with Gasteiger partial charge in [-0.3, -0.25) is 4.79 Å². The largest absolute Gasteiger partial charge is 0.497 e. The zero-order chi connectivity index (χ0) is 20.2. The maximum atomic E-state index is 12.2. The first-order valence-electron chi connectivity index (χ1n) is 9.43. The van der Waals surface area contributed by atoms with Gasteiger partial charge in [0.25, 0.3) is 0 Å². The van der Waals surface area contributed by atoms with Crippen LogP contribution in [0.1, 0.15) is 17.8 Å². The van der Waals surface area contributed by atoms with Gasteiger partial charge in [0, 0.05) is 18.7 Å². The lowest BCUT2D eigenvalue weighted by molar-refractivity contribution is -0.119. The van der Waals surface area contributed by atoms with Crippen molar-refractivity contribution >= 4 is 39.2 Å². The molecule has 1 atom stereocenters. The van der Waals surface area contributed by atoms with E-state index in [1.54, 1.807) is 18.4 Å². The summed E-state index contributed by atoms with van der Waals surface area (Å²) >= 11 is 2.94. The Hall–Kier alpha value is -2.23. The highest BCUT2D eigenvalue weighted by molar-refractivity contribution is 8.00. The third-order valence-corrected chi connectivity index (χ3v) is 6.56. The van der Waals surface area contributed by atoms with Crippen LogP contribution >= 0.6 is 23.1 Å². The highest BCUT2D eigenvalue weighted by atomic mass is 32.2. The number of methoxy groups -OCH3 is 1. The predicted octanol–water partition coefficient (Wildman–Crippen LogP) is 3.46. The number of benzene rings is 1. The monoisotopic (exact) mass is 430 g/mol. The zero-order valence-corrected chi connectivity index (χ0v) is 17.9. The summed E-state index contributed by atoms with van der Waals surface area (Å²) in [6.07, 6.45) is 2.20. The first-order valence-corrected chi connectivity index (χ1v) is 11.2. The third-order valence-electron chi connectivity index (χ3n) is 4.63. The molecule has 29 heavy (non-hydrogen) atoms. The van der Waals surface area contributed by atoms with Gasteiger partial charge in [0.1, 0.15) is 22.0 Å². The molecule has 9 heteroatoms. The van der Waals surface area contributed by atoms with Crippen LogP contribution in [0.2, 0.25) is 0 Å². The number of carbonyl (C=O) groups is 1. The Morgan fingerprint density at radius 1 is 1.41 bits per heavy atom. The number of rotatable bonds is 7. The normalized spacial score (nSPS) is 16.3. The number of nitrogens with zero attached hydrogens (tertiary/aromatic N) is 3. The van der Waals surface area contributed by atoms with Gasteiger partial charge in [-0.2, -0.15) is 0 Å². The predicted molar refractivity (Wildman–Crippen MR) is 115 cm³/mol. The number of aryl methyl sites for hydroxylation is 1. The average Bonchev–Trinajstić information content (AvgIpc) is 3.39. The molecule has 0 spiro atoms. The van der Waals surface area contributed by atoms with E-state index in [4.69, 9.17) is 9.47 Å². The minimum atomic E-state index is -0.0377. The molecule has 1 saturated heterocycles. The average molecular weight is 431 g/mol. The lowest BCUT2D eigenvalue weighted by atomic mass is 10.1. The molecule has 0 saturated carbocycles. The van der Waals surface area contributed by atoms with Gasteiger partial charge >= 0.3 is 0 Å². The number of fused-ring (bicyclic) bond motifs is 1. The number of thioether (sulfide) groups is 1. The van der Waals surface area contributed by atoms with Gasteiger partial charge < -0.3 is 14.8 Å². The van der Waals surface area contributed by atoms with Crippen molar-refractivity contribution in [2.45, 2.75) is 30.9 Å². The fourth-order valence-electron chi connectivity index (χ4n) is 3.20. The third kappa shape index (κ3) is 4.68. The first kappa shape index (κ1) is 20.1. The summed E-state index contributed by atoms with van der Waals surface area (Å²) in [5.74, 6) is 0.996. The zero-order valence-electron chi connectivity index (χ0n) is 16.3. The van der Waals surface area contributed by atoms with Crippen molar-refractivity contribution < 1.29 is 14.3 Å². The molecule has 1 N–H and O–H groups in total. The van der Waals surface area contributed by atoms with Gasteiger partial charge in [-0.1, -0.05) is 23.9 Å². The molecule has 1 amide bonds. The molecule has 1 aliphatic heterocycles. The van der Waals surface area contributed by atoms with Gasteiger partial charge in [0.2, 0.25) is 5.91 Å². The summed E-state index contributed by atoms with van der Waals surface area (Å²) in [5, 5.41) is 13.4. The van der Waals surface area contributed by atoms with Gasteiger partial charge in [-0.25, -0.2) is 4.98 Å². The molecule has 0 radical (unpaired) electrons. The van der Waals surface area contributed by atoms with Crippen LogP contribution in [0.5, 0.6) is 5.75 Å². The molecule has 1 unspecified atom stereocenters. The standard InChI is InChI=1S/C20H22N4O3S2/c1-12-22-18-19(29-12)17(13-5-3-6-14(9-13)26-2)23-24-20(18)28-11-16(25)21-10-15-7-4-8-27-15/h3,5-6,9,15H,4,7-8,10-11H2,1-2H3,(H,21,25). The summed E-state index contributed by atoms with van der Waals surface area (Å²) < 4.78 is 11.8. The van der Waals surface area contributed by atoms with E-state index in [2.05, 4.69) is 20.5 Å². The minimum Gasteiger partial charge on any atom is -0.497 e. The number of amides is 1. The van der Waals surface area contributed by atoms with Crippen molar-refractivity contribution in [3.8, 4) is 17.0 Å². The molecular formula is C20H22N4O3S2. The molecule has 3 heterocycles. The number of nitrogens with one attached hydrogen (secondary N) is 1. The molecule has 2 aromatic heterocycles. The Bertz CT molecular complexity index is 1020. The number of ether oxygens (including phenoxy) is 2. The highest BCUT2D eigenvalue weighted by Crippen LogP contribution is 2.36. The summed E-state index contributed by atoms with van der Waals surface area (Å²) in [6, 6.07) is 7.73. The van der Waals surface area contributed by atoms with E-state index in [0.29, 0.717) is 11.6 Å². The fraction of sp³-hybridized carbons (Fsp3) is 0.400. The van der Waals surface area contributed by atoms with Gasteiger partial charge in [0.15, 0.2) is 0 Å². The number of thiazole rings is 1. The highest BCUT2D eigenvalue weighted by Gasteiger charge is 2.19. The van der Waals surface area contributed by atoms with Crippen molar-refractivity contribution in [1.29, 1.82) is 0 Å². The number of hydrogen-bond donors (Lipinski definition) is 1. The summed E-state index contributed by atoms with van der Waals surface area (Å²) in [7, 11) is 1.64. The van der Waals surface area contributed by atoms with Crippen LogP contribution in [0.25, 0.3) is 21.5 Å². The molecule has 0 bridgehead atoms. The molecule has 1 aromatic carbocycles. The topological polar surface area (TPSA) is 86.2 Å². The maximum Gasteiger partial charge on any atom is 0.230 e. The van der Waals surface area contributed by atoms with E-state index < -0.39 is 0 Å². The molecule has 152 valence electrons. The van der Waals surface area contributed by atoms with Gasteiger partial charge in [0.05, 0.1) is 28.7 Å². The summed E-state index contributed by atoms with van der Waals surface area (Å²) in [6.45, 7) is 3.31. The SMILES string of the molecule is COc1cccc(-c2nnc(SCC(=O)NCC3CCCO3)c3nc(C)sc23)c1.